The van der Waals surface area contributed by atoms with Crippen LogP contribution in [0.2, 0.25) is 0 Å². The van der Waals surface area contributed by atoms with Crippen molar-refractivity contribution in [1.29, 1.82) is 0 Å². The number of nitrogens with zero attached hydrogens (tertiary/aromatic N) is 2. The lowest BCUT2D eigenvalue weighted by Gasteiger charge is -2.51. The summed E-state index contributed by atoms with van der Waals surface area (Å²) < 4.78 is 2.26. The first-order chi connectivity index (χ1) is 6.24. The van der Waals surface area contributed by atoms with E-state index < -0.39 is 0 Å². The molecule has 1 aliphatic heterocycles. The Morgan fingerprint density at radius 2 is 2.31 bits per heavy atom. The van der Waals surface area contributed by atoms with Gasteiger partial charge >= 0.3 is 0 Å². The van der Waals surface area contributed by atoms with Crippen LogP contribution in [0.5, 0.6) is 0 Å². The van der Waals surface area contributed by atoms with Crippen LogP contribution in [-0.4, -0.2) is 29.9 Å². The number of hydrogen-bond acceptors (Lipinski definition) is 3. The van der Waals surface area contributed by atoms with Gasteiger partial charge < -0.3 is 0 Å². The van der Waals surface area contributed by atoms with Crippen LogP contribution in [0.15, 0.2) is 4.99 Å². The molecular formula is C9H15N2OP. The van der Waals surface area contributed by atoms with Gasteiger partial charge in [0.15, 0.2) is 0 Å². The zero-order chi connectivity index (χ0) is 9.31. The molecule has 13 heavy (non-hydrogen) atoms. The van der Waals surface area contributed by atoms with Crippen molar-refractivity contribution < 1.29 is 4.79 Å². The van der Waals surface area contributed by atoms with Gasteiger partial charge in [0.2, 0.25) is 6.08 Å². The highest BCUT2D eigenvalue weighted by molar-refractivity contribution is 7.13. The van der Waals surface area contributed by atoms with E-state index in [0.29, 0.717) is 5.41 Å². The van der Waals surface area contributed by atoms with Gasteiger partial charge in [-0.25, -0.2) is 9.79 Å². The van der Waals surface area contributed by atoms with Gasteiger partial charge in [0, 0.05) is 13.1 Å². The molecule has 2 aliphatic rings. The maximum absolute atomic E-state index is 10.1. The molecule has 1 heterocycles. The molecule has 2 rings (SSSR count). The predicted molar refractivity (Wildman–Crippen MR) is 54.1 cm³/mol. The van der Waals surface area contributed by atoms with Crippen LogP contribution in [-0.2, 0) is 4.79 Å². The Labute approximate surface area is 80.8 Å². The van der Waals surface area contributed by atoms with E-state index in [1.54, 1.807) is 6.08 Å². The van der Waals surface area contributed by atoms with Crippen LogP contribution in [0.3, 0.4) is 0 Å². The van der Waals surface area contributed by atoms with Gasteiger partial charge in [0.1, 0.15) is 0 Å². The third-order valence-electron chi connectivity index (χ3n) is 3.23. The molecule has 0 amide bonds. The number of carbonyl (C=O) groups excluding carboxylic acids is 1. The highest BCUT2D eigenvalue weighted by Crippen LogP contribution is 2.45. The lowest BCUT2D eigenvalue weighted by molar-refractivity contribution is 0.0299. The minimum atomic E-state index is 0.255. The van der Waals surface area contributed by atoms with Crippen LogP contribution >= 0.6 is 9.39 Å². The van der Waals surface area contributed by atoms with Crippen molar-refractivity contribution in [2.24, 2.45) is 10.4 Å². The first-order valence-electron chi connectivity index (χ1n) is 4.81. The highest BCUT2D eigenvalue weighted by atomic mass is 31.0. The molecule has 2 fully saturated rings. The van der Waals surface area contributed by atoms with Gasteiger partial charge in [-0.05, 0) is 24.7 Å². The first-order valence-corrected chi connectivity index (χ1v) is 5.32. The normalized spacial score (nSPS) is 32.2. The number of isocyanates is 1. The average Bonchev–Trinajstić information content (AvgIpc) is 2.03. The summed E-state index contributed by atoms with van der Waals surface area (Å²) >= 11 is 0. The Kier molecular flexibility index (Phi) is 2.51. The largest absolute Gasteiger partial charge is 0.286 e. The molecule has 0 aromatic heterocycles. The maximum Gasteiger partial charge on any atom is 0.235 e. The quantitative estimate of drug-likeness (QED) is 0.362. The molecule has 1 saturated heterocycles. The van der Waals surface area contributed by atoms with Gasteiger partial charge in [0.25, 0.3) is 0 Å². The predicted octanol–water partition coefficient (Wildman–Crippen LogP) is 1.36. The number of aliphatic imine (C=N–C) groups is 1. The van der Waals surface area contributed by atoms with E-state index in [1.807, 2.05) is 0 Å². The van der Waals surface area contributed by atoms with E-state index in [1.165, 1.54) is 12.8 Å². The van der Waals surface area contributed by atoms with E-state index in [0.717, 1.165) is 25.9 Å². The summed E-state index contributed by atoms with van der Waals surface area (Å²) in [5.41, 5.74) is 0.477. The summed E-state index contributed by atoms with van der Waals surface area (Å²) in [6.45, 7) is 2.31. The molecular weight excluding hydrogens is 183 g/mol. The summed E-state index contributed by atoms with van der Waals surface area (Å²) in [7, 11) is 2.73. The first kappa shape index (κ1) is 9.33. The Morgan fingerprint density at radius 1 is 1.54 bits per heavy atom. The van der Waals surface area contributed by atoms with Crippen molar-refractivity contribution in [3.8, 4) is 0 Å². The molecule has 2 atom stereocenters. The molecule has 3 nitrogen and oxygen atoms in total. The topological polar surface area (TPSA) is 32.7 Å². The lowest BCUT2D eigenvalue weighted by atomic mass is 9.68. The number of rotatable bonds is 1. The van der Waals surface area contributed by atoms with Crippen molar-refractivity contribution in [2.75, 3.05) is 13.1 Å². The Hall–Kier alpha value is -0.230. The molecule has 1 aliphatic carbocycles. The van der Waals surface area contributed by atoms with Gasteiger partial charge in [-0.15, -0.1) is 0 Å². The fraction of sp³-hybridized carbons (Fsp3) is 0.889. The zero-order valence-electron chi connectivity index (χ0n) is 7.70. The van der Waals surface area contributed by atoms with Crippen LogP contribution in [0.4, 0.5) is 0 Å². The van der Waals surface area contributed by atoms with Crippen molar-refractivity contribution in [2.45, 2.75) is 31.7 Å². The third-order valence-corrected chi connectivity index (χ3v) is 3.59. The zero-order valence-corrected chi connectivity index (χ0v) is 8.85. The molecule has 0 bridgehead atoms. The minimum absolute atomic E-state index is 0.255. The fourth-order valence-electron chi connectivity index (χ4n) is 2.70. The van der Waals surface area contributed by atoms with E-state index in [-0.39, 0.29) is 6.04 Å². The summed E-state index contributed by atoms with van der Waals surface area (Å²) in [6, 6.07) is 0.255. The van der Waals surface area contributed by atoms with Crippen LogP contribution in [0.25, 0.3) is 0 Å². The standard InChI is InChI=1S/C9H15N2OP/c12-7-10-8-2-1-3-9(4-8)5-11(13)6-9/h8H,1-6,13H2. The van der Waals surface area contributed by atoms with E-state index in [4.69, 9.17) is 0 Å². The van der Waals surface area contributed by atoms with Gasteiger partial charge in [-0.2, -0.15) is 0 Å². The Morgan fingerprint density at radius 3 is 2.92 bits per heavy atom. The second-order valence-corrected chi connectivity index (χ2v) is 5.11. The molecule has 1 spiro atoms. The summed E-state index contributed by atoms with van der Waals surface area (Å²) in [6.07, 6.45) is 6.38. The molecule has 0 aromatic carbocycles. The number of hydrogen-bond donors (Lipinski definition) is 0. The molecule has 0 N–H and O–H groups in total. The molecule has 0 radical (unpaired) electrons. The fourth-order valence-corrected chi connectivity index (χ4v) is 3.48. The smallest absolute Gasteiger partial charge is 0.235 e. The SMILES string of the molecule is O=C=NC1CCCC2(C1)CN(P)C2. The maximum atomic E-state index is 10.1. The molecule has 0 aromatic rings. The average molecular weight is 198 g/mol. The minimum Gasteiger partial charge on any atom is -0.286 e. The third kappa shape index (κ3) is 1.83. The molecule has 72 valence electrons. The Balaban J connectivity index is 1.96. The second-order valence-electron chi connectivity index (χ2n) is 4.38. The van der Waals surface area contributed by atoms with Crippen LogP contribution in [0, 0.1) is 5.41 Å². The molecule has 2 unspecified atom stereocenters. The highest BCUT2D eigenvalue weighted by Gasteiger charge is 2.44. The monoisotopic (exact) mass is 198 g/mol. The van der Waals surface area contributed by atoms with Gasteiger partial charge in [0.05, 0.1) is 6.04 Å². The Bertz CT molecular complexity index is 238. The van der Waals surface area contributed by atoms with Gasteiger partial charge in [-0.3, -0.25) is 4.67 Å². The van der Waals surface area contributed by atoms with Crippen molar-refractivity contribution in [3.05, 3.63) is 0 Å². The summed E-state index contributed by atoms with van der Waals surface area (Å²) in [4.78, 5) is 14.0. The summed E-state index contributed by atoms with van der Waals surface area (Å²) in [5.74, 6) is 0. The molecule has 4 heteroatoms. The summed E-state index contributed by atoms with van der Waals surface area (Å²) in [5, 5.41) is 0. The van der Waals surface area contributed by atoms with Gasteiger partial charge in [-0.1, -0.05) is 15.8 Å². The van der Waals surface area contributed by atoms with Crippen molar-refractivity contribution >= 4 is 15.5 Å². The van der Waals surface area contributed by atoms with E-state index in [9.17, 15) is 4.79 Å². The van der Waals surface area contributed by atoms with Crippen LogP contribution in [0.1, 0.15) is 25.7 Å². The van der Waals surface area contributed by atoms with E-state index in [2.05, 4.69) is 19.1 Å². The second kappa shape index (κ2) is 3.49. The van der Waals surface area contributed by atoms with Crippen molar-refractivity contribution in [1.82, 2.24) is 4.67 Å². The lowest BCUT2D eigenvalue weighted by Crippen LogP contribution is -2.54. The van der Waals surface area contributed by atoms with Crippen molar-refractivity contribution in [3.63, 3.8) is 0 Å². The van der Waals surface area contributed by atoms with Crippen LogP contribution < -0.4 is 0 Å². The van der Waals surface area contributed by atoms with E-state index >= 15 is 0 Å². The molecule has 1 saturated carbocycles.